The number of carbonyl (C=O) groups is 1. The van der Waals surface area contributed by atoms with Gasteiger partial charge in [-0.25, -0.2) is 13.1 Å². The molecule has 7 heteroatoms. The van der Waals surface area contributed by atoms with Crippen LogP contribution in [0.1, 0.15) is 54.1 Å². The predicted molar refractivity (Wildman–Crippen MR) is 117 cm³/mol. The molecule has 2 N–H and O–H groups in total. The second-order valence-corrected chi connectivity index (χ2v) is 9.44. The standard InChI is InChI=1S/C23H30N2O4S/c1-3-4-15-29-20-10-6-18(7-11-20)13-14-24-23(26)22-16-21(12-5-17(22)2)30(27,28)25-19-8-9-19/h5-7,10-12,16,19,25H,3-4,8-9,13-15H2,1-2H3,(H,24,26). The van der Waals surface area contributed by atoms with Crippen molar-refractivity contribution in [2.24, 2.45) is 0 Å². The van der Waals surface area contributed by atoms with Crippen LogP contribution in [0.25, 0.3) is 0 Å². The fourth-order valence-electron chi connectivity index (χ4n) is 3.00. The number of hydrogen-bond donors (Lipinski definition) is 2. The van der Waals surface area contributed by atoms with Gasteiger partial charge in [-0.05, 0) is 68.0 Å². The monoisotopic (exact) mass is 430 g/mol. The average molecular weight is 431 g/mol. The van der Waals surface area contributed by atoms with Gasteiger partial charge in [0.15, 0.2) is 0 Å². The average Bonchev–Trinajstić information content (AvgIpc) is 3.53. The Bertz CT molecular complexity index is 967. The fraction of sp³-hybridized carbons (Fsp3) is 0.435. The van der Waals surface area contributed by atoms with Gasteiger partial charge in [-0.1, -0.05) is 31.5 Å². The van der Waals surface area contributed by atoms with Gasteiger partial charge < -0.3 is 10.1 Å². The van der Waals surface area contributed by atoms with Crippen LogP contribution < -0.4 is 14.8 Å². The van der Waals surface area contributed by atoms with Crippen LogP contribution in [-0.2, 0) is 16.4 Å². The van der Waals surface area contributed by atoms with Crippen molar-refractivity contribution in [3.63, 3.8) is 0 Å². The molecule has 3 rings (SSSR count). The number of hydrogen-bond acceptors (Lipinski definition) is 4. The van der Waals surface area contributed by atoms with E-state index >= 15 is 0 Å². The smallest absolute Gasteiger partial charge is 0.251 e. The van der Waals surface area contributed by atoms with Crippen molar-refractivity contribution in [2.75, 3.05) is 13.2 Å². The molecule has 0 radical (unpaired) electrons. The molecule has 0 aliphatic heterocycles. The van der Waals surface area contributed by atoms with Gasteiger partial charge >= 0.3 is 0 Å². The van der Waals surface area contributed by atoms with Crippen molar-refractivity contribution in [3.05, 3.63) is 59.2 Å². The Morgan fingerprint density at radius 2 is 1.87 bits per heavy atom. The van der Waals surface area contributed by atoms with Crippen LogP contribution in [0.15, 0.2) is 47.4 Å². The van der Waals surface area contributed by atoms with E-state index in [1.807, 2.05) is 24.3 Å². The number of ether oxygens (including phenoxy) is 1. The van der Waals surface area contributed by atoms with Crippen molar-refractivity contribution in [3.8, 4) is 5.75 Å². The summed E-state index contributed by atoms with van der Waals surface area (Å²) in [6.07, 6.45) is 4.55. The maximum absolute atomic E-state index is 12.6. The Morgan fingerprint density at radius 3 is 2.53 bits per heavy atom. The molecule has 162 valence electrons. The minimum atomic E-state index is -3.59. The number of amides is 1. The fourth-order valence-corrected chi connectivity index (χ4v) is 4.33. The van der Waals surface area contributed by atoms with E-state index in [-0.39, 0.29) is 16.8 Å². The number of unbranched alkanes of at least 4 members (excludes halogenated alkanes) is 1. The number of benzene rings is 2. The molecule has 6 nitrogen and oxygen atoms in total. The first kappa shape index (κ1) is 22.3. The van der Waals surface area contributed by atoms with Crippen molar-refractivity contribution in [1.29, 1.82) is 0 Å². The molecule has 0 spiro atoms. The highest BCUT2D eigenvalue weighted by atomic mass is 32.2. The van der Waals surface area contributed by atoms with Gasteiger partial charge in [0.1, 0.15) is 5.75 Å². The second-order valence-electron chi connectivity index (χ2n) is 7.72. The third-order valence-corrected chi connectivity index (χ3v) is 6.57. The predicted octanol–water partition coefficient (Wildman–Crippen LogP) is 3.59. The van der Waals surface area contributed by atoms with Gasteiger partial charge in [-0.3, -0.25) is 4.79 Å². The number of nitrogens with one attached hydrogen (secondary N) is 2. The molecule has 1 saturated carbocycles. The Labute approximate surface area is 179 Å². The first-order chi connectivity index (χ1) is 14.4. The molecule has 1 amide bonds. The van der Waals surface area contributed by atoms with Gasteiger partial charge in [-0.15, -0.1) is 0 Å². The molecule has 1 fully saturated rings. The largest absolute Gasteiger partial charge is 0.494 e. The van der Waals surface area contributed by atoms with Crippen molar-refractivity contribution in [2.45, 2.75) is 56.9 Å². The molecule has 30 heavy (non-hydrogen) atoms. The van der Waals surface area contributed by atoms with Crippen molar-refractivity contribution < 1.29 is 17.9 Å². The van der Waals surface area contributed by atoms with Crippen LogP contribution in [0.5, 0.6) is 5.75 Å². The normalized spacial score (nSPS) is 13.8. The summed E-state index contributed by atoms with van der Waals surface area (Å²) in [5.74, 6) is 0.584. The highest BCUT2D eigenvalue weighted by Gasteiger charge is 2.28. The summed E-state index contributed by atoms with van der Waals surface area (Å²) in [6, 6.07) is 12.6. The number of carbonyl (C=O) groups excluding carboxylic acids is 1. The Hall–Kier alpha value is -2.38. The molecule has 1 aliphatic rings. The molecule has 2 aromatic rings. The summed E-state index contributed by atoms with van der Waals surface area (Å²) in [4.78, 5) is 12.8. The first-order valence-corrected chi connectivity index (χ1v) is 12.0. The number of sulfonamides is 1. The maximum Gasteiger partial charge on any atom is 0.251 e. The maximum atomic E-state index is 12.6. The van der Waals surface area contributed by atoms with E-state index in [1.54, 1.807) is 19.1 Å². The zero-order chi connectivity index (χ0) is 21.6. The Morgan fingerprint density at radius 1 is 1.13 bits per heavy atom. The van der Waals surface area contributed by atoms with Crippen LogP contribution in [0.2, 0.25) is 0 Å². The summed E-state index contributed by atoms with van der Waals surface area (Å²) in [7, 11) is -3.59. The Kier molecular flexibility index (Phi) is 7.50. The van der Waals surface area contributed by atoms with Crippen LogP contribution >= 0.6 is 0 Å². The van der Waals surface area contributed by atoms with Crippen LogP contribution in [0.4, 0.5) is 0 Å². The quantitative estimate of drug-likeness (QED) is 0.534. The SMILES string of the molecule is CCCCOc1ccc(CCNC(=O)c2cc(S(=O)(=O)NC3CC3)ccc2C)cc1. The van der Waals surface area contributed by atoms with Gasteiger partial charge in [0.05, 0.1) is 11.5 Å². The van der Waals surface area contributed by atoms with E-state index in [4.69, 9.17) is 4.74 Å². The van der Waals surface area contributed by atoms with Crippen molar-refractivity contribution in [1.82, 2.24) is 10.0 Å². The summed E-state index contributed by atoms with van der Waals surface area (Å²) in [6.45, 7) is 5.11. The Balaban J connectivity index is 1.55. The van der Waals surface area contributed by atoms with E-state index in [2.05, 4.69) is 17.0 Å². The third kappa shape index (κ3) is 6.31. The second kappa shape index (κ2) is 10.1. The van der Waals surface area contributed by atoms with E-state index < -0.39 is 10.0 Å². The minimum Gasteiger partial charge on any atom is -0.494 e. The zero-order valence-corrected chi connectivity index (χ0v) is 18.4. The zero-order valence-electron chi connectivity index (χ0n) is 17.6. The molecule has 0 bridgehead atoms. The topological polar surface area (TPSA) is 84.5 Å². The molecule has 0 saturated heterocycles. The first-order valence-electron chi connectivity index (χ1n) is 10.5. The van der Waals surface area contributed by atoms with Crippen molar-refractivity contribution >= 4 is 15.9 Å². The summed E-state index contributed by atoms with van der Waals surface area (Å²) in [5, 5.41) is 2.89. The lowest BCUT2D eigenvalue weighted by Crippen LogP contribution is -2.28. The molecule has 0 atom stereocenters. The highest BCUT2D eigenvalue weighted by Crippen LogP contribution is 2.23. The summed E-state index contributed by atoms with van der Waals surface area (Å²) in [5.41, 5.74) is 2.22. The number of rotatable bonds is 11. The van der Waals surface area contributed by atoms with Gasteiger partial charge in [0.2, 0.25) is 10.0 Å². The molecular formula is C23H30N2O4S. The van der Waals surface area contributed by atoms with Gasteiger partial charge in [0, 0.05) is 18.2 Å². The van der Waals surface area contributed by atoms with Crippen LogP contribution in [-0.4, -0.2) is 33.5 Å². The molecule has 1 aliphatic carbocycles. The van der Waals surface area contributed by atoms with Crippen LogP contribution in [0, 0.1) is 6.92 Å². The summed E-state index contributed by atoms with van der Waals surface area (Å²) < 4.78 is 33.2. The van der Waals surface area contributed by atoms with E-state index in [1.165, 1.54) is 6.07 Å². The van der Waals surface area contributed by atoms with Gasteiger partial charge in [0.25, 0.3) is 5.91 Å². The molecule has 0 heterocycles. The van der Waals surface area contributed by atoms with Crippen LogP contribution in [0.3, 0.4) is 0 Å². The van der Waals surface area contributed by atoms with E-state index in [9.17, 15) is 13.2 Å². The molecule has 0 aromatic heterocycles. The third-order valence-electron chi connectivity index (χ3n) is 5.05. The number of aryl methyl sites for hydroxylation is 1. The lowest BCUT2D eigenvalue weighted by Gasteiger charge is -2.11. The highest BCUT2D eigenvalue weighted by molar-refractivity contribution is 7.89. The lowest BCUT2D eigenvalue weighted by molar-refractivity contribution is 0.0953. The minimum absolute atomic E-state index is 0.0250. The molecule has 0 unspecified atom stereocenters. The van der Waals surface area contributed by atoms with E-state index in [0.717, 1.165) is 49.2 Å². The van der Waals surface area contributed by atoms with E-state index in [0.29, 0.717) is 18.5 Å². The van der Waals surface area contributed by atoms with Gasteiger partial charge in [-0.2, -0.15) is 0 Å². The summed E-state index contributed by atoms with van der Waals surface area (Å²) >= 11 is 0. The molecule has 2 aromatic carbocycles. The lowest BCUT2D eigenvalue weighted by atomic mass is 10.1. The molecular weight excluding hydrogens is 400 g/mol.